The van der Waals surface area contributed by atoms with Gasteiger partial charge in [0, 0.05) is 13.0 Å². The Hall–Kier alpha value is -1.35. The number of aliphatic hydroxyl groups excluding tert-OH is 1. The Balaban J connectivity index is 1.77. The number of aliphatic hydroxyl groups is 1. The summed E-state index contributed by atoms with van der Waals surface area (Å²) >= 11 is 0. The number of hydrogen-bond donors (Lipinski definition) is 1. The molecule has 1 aliphatic rings. The molecule has 1 aliphatic heterocycles. The van der Waals surface area contributed by atoms with Gasteiger partial charge < -0.3 is 10.0 Å². The molecule has 1 heterocycles. The molecule has 3 nitrogen and oxygen atoms in total. The van der Waals surface area contributed by atoms with E-state index in [0.29, 0.717) is 6.42 Å². The Kier molecular flexibility index (Phi) is 5.40. The number of piperidine rings is 1. The summed E-state index contributed by atoms with van der Waals surface area (Å²) in [7, 11) is 0. The van der Waals surface area contributed by atoms with Crippen molar-refractivity contribution in [3.8, 4) is 0 Å². The standard InChI is InChI=1S/C16H23NO2/c18-13-15-10-4-5-12-17(15)16(19)11-6-9-14-7-2-1-3-8-14/h1-3,7-8,15,18H,4-6,9-13H2. The minimum atomic E-state index is 0.0537. The van der Waals surface area contributed by atoms with E-state index in [4.69, 9.17) is 0 Å². The second-order valence-corrected chi connectivity index (χ2v) is 5.26. The zero-order valence-electron chi connectivity index (χ0n) is 11.4. The summed E-state index contributed by atoms with van der Waals surface area (Å²) in [4.78, 5) is 14.1. The topological polar surface area (TPSA) is 40.5 Å². The minimum Gasteiger partial charge on any atom is -0.394 e. The third kappa shape index (κ3) is 4.06. The first-order valence-corrected chi connectivity index (χ1v) is 7.25. The lowest BCUT2D eigenvalue weighted by molar-refractivity contribution is -0.136. The van der Waals surface area contributed by atoms with Gasteiger partial charge in [0.1, 0.15) is 0 Å². The molecule has 1 saturated heterocycles. The van der Waals surface area contributed by atoms with Gasteiger partial charge in [-0.1, -0.05) is 30.3 Å². The molecule has 1 N–H and O–H groups in total. The third-order valence-electron chi connectivity index (χ3n) is 3.86. The molecule has 0 saturated carbocycles. The van der Waals surface area contributed by atoms with Crippen LogP contribution in [0.1, 0.15) is 37.7 Å². The molecule has 3 heteroatoms. The monoisotopic (exact) mass is 261 g/mol. The van der Waals surface area contributed by atoms with Crippen molar-refractivity contribution >= 4 is 5.91 Å². The molecule has 0 aromatic heterocycles. The van der Waals surface area contributed by atoms with Crippen molar-refractivity contribution in [3.63, 3.8) is 0 Å². The second-order valence-electron chi connectivity index (χ2n) is 5.26. The van der Waals surface area contributed by atoms with Crippen LogP contribution in [0.2, 0.25) is 0 Å². The van der Waals surface area contributed by atoms with Crippen molar-refractivity contribution in [2.75, 3.05) is 13.2 Å². The second kappa shape index (κ2) is 7.29. The van der Waals surface area contributed by atoms with Crippen molar-refractivity contribution in [3.05, 3.63) is 35.9 Å². The number of nitrogens with zero attached hydrogens (tertiary/aromatic N) is 1. The van der Waals surface area contributed by atoms with E-state index in [0.717, 1.165) is 38.6 Å². The van der Waals surface area contributed by atoms with E-state index < -0.39 is 0 Å². The largest absolute Gasteiger partial charge is 0.394 e. The van der Waals surface area contributed by atoms with E-state index in [9.17, 15) is 9.90 Å². The zero-order valence-corrected chi connectivity index (χ0v) is 11.4. The van der Waals surface area contributed by atoms with Crippen molar-refractivity contribution in [1.29, 1.82) is 0 Å². The molecule has 0 aliphatic carbocycles. The molecule has 0 spiro atoms. The van der Waals surface area contributed by atoms with Gasteiger partial charge in [0.15, 0.2) is 0 Å². The van der Waals surface area contributed by atoms with Crippen molar-refractivity contribution in [2.45, 2.75) is 44.6 Å². The first-order chi connectivity index (χ1) is 9.31. The van der Waals surface area contributed by atoms with Gasteiger partial charge in [-0.05, 0) is 37.7 Å². The van der Waals surface area contributed by atoms with Crippen LogP contribution < -0.4 is 0 Å². The number of likely N-dealkylation sites (tertiary alicyclic amines) is 1. The van der Waals surface area contributed by atoms with E-state index in [-0.39, 0.29) is 18.6 Å². The average Bonchev–Trinajstić information content (AvgIpc) is 2.48. The molecule has 1 unspecified atom stereocenters. The molecule has 1 fully saturated rings. The zero-order chi connectivity index (χ0) is 13.5. The summed E-state index contributed by atoms with van der Waals surface area (Å²) in [5.41, 5.74) is 1.28. The van der Waals surface area contributed by atoms with Crippen LogP contribution in [-0.2, 0) is 11.2 Å². The third-order valence-corrected chi connectivity index (χ3v) is 3.86. The molecular weight excluding hydrogens is 238 g/mol. The van der Waals surface area contributed by atoms with Crippen LogP contribution in [0.25, 0.3) is 0 Å². The van der Waals surface area contributed by atoms with E-state index >= 15 is 0 Å². The molecule has 104 valence electrons. The minimum absolute atomic E-state index is 0.0537. The van der Waals surface area contributed by atoms with Gasteiger partial charge in [-0.3, -0.25) is 4.79 Å². The van der Waals surface area contributed by atoms with Crippen LogP contribution in [0.4, 0.5) is 0 Å². The van der Waals surface area contributed by atoms with Crippen LogP contribution in [0.15, 0.2) is 30.3 Å². The number of benzene rings is 1. The molecular formula is C16H23NO2. The maximum atomic E-state index is 12.2. The summed E-state index contributed by atoms with van der Waals surface area (Å²) < 4.78 is 0. The van der Waals surface area contributed by atoms with Gasteiger partial charge in [0.2, 0.25) is 5.91 Å². The van der Waals surface area contributed by atoms with Crippen molar-refractivity contribution in [1.82, 2.24) is 4.90 Å². The Bertz CT molecular complexity index is 391. The summed E-state index contributed by atoms with van der Waals surface area (Å²) in [6.07, 6.45) is 5.56. The highest BCUT2D eigenvalue weighted by Crippen LogP contribution is 2.18. The molecule has 1 aromatic carbocycles. The fourth-order valence-corrected chi connectivity index (χ4v) is 2.75. The molecule has 1 aromatic rings. The molecule has 2 rings (SSSR count). The van der Waals surface area contributed by atoms with E-state index in [2.05, 4.69) is 12.1 Å². The number of aryl methyl sites for hydroxylation is 1. The Morgan fingerprint density at radius 3 is 2.79 bits per heavy atom. The fraction of sp³-hybridized carbons (Fsp3) is 0.562. The van der Waals surface area contributed by atoms with E-state index in [1.807, 2.05) is 23.1 Å². The van der Waals surface area contributed by atoms with Crippen LogP contribution in [0.5, 0.6) is 0 Å². The molecule has 19 heavy (non-hydrogen) atoms. The molecule has 1 atom stereocenters. The van der Waals surface area contributed by atoms with Gasteiger partial charge in [0.25, 0.3) is 0 Å². The van der Waals surface area contributed by atoms with Gasteiger partial charge in [-0.25, -0.2) is 0 Å². The van der Waals surface area contributed by atoms with Gasteiger partial charge in [0.05, 0.1) is 12.6 Å². The van der Waals surface area contributed by atoms with Crippen LogP contribution >= 0.6 is 0 Å². The summed E-state index contributed by atoms with van der Waals surface area (Å²) in [6.45, 7) is 0.916. The number of carbonyl (C=O) groups excluding carboxylic acids is 1. The number of hydrogen-bond acceptors (Lipinski definition) is 2. The first kappa shape index (κ1) is 14.1. The average molecular weight is 261 g/mol. The maximum absolute atomic E-state index is 12.2. The highest BCUT2D eigenvalue weighted by Gasteiger charge is 2.25. The van der Waals surface area contributed by atoms with E-state index in [1.165, 1.54) is 5.56 Å². The highest BCUT2D eigenvalue weighted by atomic mass is 16.3. The molecule has 0 bridgehead atoms. The Morgan fingerprint density at radius 2 is 2.05 bits per heavy atom. The van der Waals surface area contributed by atoms with Gasteiger partial charge >= 0.3 is 0 Å². The SMILES string of the molecule is O=C(CCCc1ccccc1)N1CCCCC1CO. The lowest BCUT2D eigenvalue weighted by Crippen LogP contribution is -2.45. The predicted octanol–water partition coefficient (Wildman–Crippen LogP) is 2.38. The smallest absolute Gasteiger partial charge is 0.222 e. The van der Waals surface area contributed by atoms with Crippen LogP contribution in [-0.4, -0.2) is 35.1 Å². The molecule has 0 radical (unpaired) electrons. The lowest BCUT2D eigenvalue weighted by atomic mass is 10.0. The van der Waals surface area contributed by atoms with Crippen LogP contribution in [0.3, 0.4) is 0 Å². The maximum Gasteiger partial charge on any atom is 0.222 e. The fourth-order valence-electron chi connectivity index (χ4n) is 2.75. The normalized spacial score (nSPS) is 19.4. The number of rotatable bonds is 5. The lowest BCUT2D eigenvalue weighted by Gasteiger charge is -2.34. The number of carbonyl (C=O) groups is 1. The summed E-state index contributed by atoms with van der Waals surface area (Å²) in [5, 5.41) is 9.32. The van der Waals surface area contributed by atoms with Crippen molar-refractivity contribution in [2.24, 2.45) is 0 Å². The summed E-state index contributed by atoms with van der Waals surface area (Å²) in [5.74, 6) is 0.203. The quantitative estimate of drug-likeness (QED) is 0.884. The Morgan fingerprint density at radius 1 is 1.26 bits per heavy atom. The van der Waals surface area contributed by atoms with Crippen molar-refractivity contribution < 1.29 is 9.90 Å². The van der Waals surface area contributed by atoms with Gasteiger partial charge in [-0.15, -0.1) is 0 Å². The summed E-state index contributed by atoms with van der Waals surface area (Å²) in [6, 6.07) is 10.3. The Labute approximate surface area is 115 Å². The first-order valence-electron chi connectivity index (χ1n) is 7.25. The van der Waals surface area contributed by atoms with Gasteiger partial charge in [-0.2, -0.15) is 0 Å². The van der Waals surface area contributed by atoms with E-state index in [1.54, 1.807) is 0 Å². The predicted molar refractivity (Wildman–Crippen MR) is 75.8 cm³/mol. The number of amides is 1. The highest BCUT2D eigenvalue weighted by molar-refractivity contribution is 5.76. The van der Waals surface area contributed by atoms with Crippen LogP contribution in [0, 0.1) is 0 Å². The molecule has 1 amide bonds.